The van der Waals surface area contributed by atoms with Crippen molar-refractivity contribution >= 4 is 11.4 Å². The highest BCUT2D eigenvalue weighted by Gasteiger charge is 2.21. The first kappa shape index (κ1) is 14.6. The van der Waals surface area contributed by atoms with E-state index in [1.54, 1.807) is 13.3 Å². The van der Waals surface area contributed by atoms with Crippen LogP contribution in [0.1, 0.15) is 17.0 Å². The summed E-state index contributed by atoms with van der Waals surface area (Å²) in [5.74, 6) is 1.64. The van der Waals surface area contributed by atoms with Crippen molar-refractivity contribution in [2.24, 2.45) is 4.99 Å². The molecule has 0 saturated carbocycles. The van der Waals surface area contributed by atoms with Crippen molar-refractivity contribution < 1.29 is 9.15 Å². The van der Waals surface area contributed by atoms with E-state index < -0.39 is 0 Å². The number of methoxy groups -OCH3 is 1. The van der Waals surface area contributed by atoms with Gasteiger partial charge in [0, 0.05) is 23.9 Å². The molecule has 0 N–H and O–H groups in total. The molecule has 0 radical (unpaired) electrons. The van der Waals surface area contributed by atoms with Gasteiger partial charge in [0.1, 0.15) is 5.69 Å². The number of hydrogen-bond donors (Lipinski definition) is 0. The largest absolute Gasteiger partial charge is 0.479 e. The number of hydrogen-bond acceptors (Lipinski definition) is 6. The van der Waals surface area contributed by atoms with E-state index in [9.17, 15) is 0 Å². The van der Waals surface area contributed by atoms with Crippen LogP contribution in [0.15, 0.2) is 45.9 Å². The maximum absolute atomic E-state index is 5.79. The maximum Gasteiger partial charge on any atom is 0.247 e. The topological polar surface area (TPSA) is 73.4 Å². The van der Waals surface area contributed by atoms with E-state index in [1.807, 2.05) is 37.3 Å². The minimum absolute atomic E-state index is 0.524. The fourth-order valence-electron chi connectivity index (χ4n) is 2.80. The van der Waals surface area contributed by atoms with Gasteiger partial charge in [-0.1, -0.05) is 17.7 Å². The first-order valence-corrected chi connectivity index (χ1v) is 7.70. The lowest BCUT2D eigenvalue weighted by molar-refractivity contribution is 0.399. The SMILES string of the molecule is COc1nccc2c1N=C(Cc1nnc(-c3cccc(C)c3)o1)C2. The lowest BCUT2D eigenvalue weighted by Gasteiger charge is -2.01. The van der Waals surface area contributed by atoms with Crippen molar-refractivity contribution in [3.63, 3.8) is 0 Å². The quantitative estimate of drug-likeness (QED) is 0.737. The molecule has 1 aromatic carbocycles. The van der Waals surface area contributed by atoms with E-state index in [4.69, 9.17) is 9.15 Å². The molecule has 4 rings (SSSR count). The zero-order chi connectivity index (χ0) is 16.5. The van der Waals surface area contributed by atoms with Crippen molar-refractivity contribution in [3.8, 4) is 17.3 Å². The second-order valence-corrected chi connectivity index (χ2v) is 5.73. The molecule has 0 saturated heterocycles. The molecular weight excluding hydrogens is 304 g/mol. The molecule has 24 heavy (non-hydrogen) atoms. The Morgan fingerprint density at radius 1 is 1.21 bits per heavy atom. The molecule has 120 valence electrons. The molecule has 3 aromatic rings. The van der Waals surface area contributed by atoms with Gasteiger partial charge < -0.3 is 9.15 Å². The highest BCUT2D eigenvalue weighted by Crippen LogP contribution is 2.34. The summed E-state index contributed by atoms with van der Waals surface area (Å²) in [7, 11) is 1.60. The third kappa shape index (κ3) is 2.67. The molecule has 2 aromatic heterocycles. The van der Waals surface area contributed by atoms with Crippen LogP contribution in [0.5, 0.6) is 5.88 Å². The predicted molar refractivity (Wildman–Crippen MR) is 89.8 cm³/mol. The van der Waals surface area contributed by atoms with Crippen LogP contribution >= 0.6 is 0 Å². The van der Waals surface area contributed by atoms with Gasteiger partial charge in [-0.05, 0) is 30.7 Å². The van der Waals surface area contributed by atoms with Crippen molar-refractivity contribution in [1.29, 1.82) is 0 Å². The molecule has 0 atom stereocenters. The summed E-state index contributed by atoms with van der Waals surface area (Å²) in [6.07, 6.45) is 3.01. The molecule has 6 heteroatoms. The molecule has 1 aliphatic heterocycles. The standard InChI is InChI=1S/C18H16N4O2/c1-11-4-3-5-13(8-11)17-22-21-15(24-17)10-14-9-12-6-7-19-18(23-2)16(12)20-14/h3-8H,9-10H2,1-2H3. The van der Waals surface area contributed by atoms with Gasteiger partial charge in [0.05, 0.1) is 13.5 Å². The number of nitrogens with zero attached hydrogens (tertiary/aromatic N) is 4. The maximum atomic E-state index is 5.79. The summed E-state index contributed by atoms with van der Waals surface area (Å²) in [6, 6.07) is 9.96. The van der Waals surface area contributed by atoms with Crippen LogP contribution in [0.4, 0.5) is 5.69 Å². The molecule has 6 nitrogen and oxygen atoms in total. The number of pyridine rings is 1. The average molecular weight is 320 g/mol. The highest BCUT2D eigenvalue weighted by molar-refractivity contribution is 5.95. The van der Waals surface area contributed by atoms with Crippen molar-refractivity contribution in [2.75, 3.05) is 7.11 Å². The first-order valence-electron chi connectivity index (χ1n) is 7.70. The van der Waals surface area contributed by atoms with E-state index in [1.165, 1.54) is 0 Å². The van der Waals surface area contributed by atoms with Crippen molar-refractivity contribution in [3.05, 3.63) is 53.5 Å². The number of ether oxygens (including phenoxy) is 1. The van der Waals surface area contributed by atoms with E-state index in [0.717, 1.165) is 34.5 Å². The van der Waals surface area contributed by atoms with Crippen LogP contribution < -0.4 is 4.74 Å². The van der Waals surface area contributed by atoms with Crippen LogP contribution in [0.2, 0.25) is 0 Å². The van der Waals surface area contributed by atoms with Gasteiger partial charge in [-0.25, -0.2) is 4.98 Å². The lowest BCUT2D eigenvalue weighted by Crippen LogP contribution is -2.02. The molecule has 3 heterocycles. The smallest absolute Gasteiger partial charge is 0.247 e. The van der Waals surface area contributed by atoms with Gasteiger partial charge in [0.15, 0.2) is 0 Å². The van der Waals surface area contributed by atoms with Gasteiger partial charge in [0.2, 0.25) is 17.7 Å². The number of aryl methyl sites for hydroxylation is 1. The molecule has 1 aliphatic rings. The Kier molecular flexibility index (Phi) is 3.57. The Labute approximate surface area is 139 Å². The second kappa shape index (κ2) is 5.88. The van der Waals surface area contributed by atoms with Crippen LogP contribution in [0.25, 0.3) is 11.5 Å². The van der Waals surface area contributed by atoms with Gasteiger partial charge in [-0.15, -0.1) is 10.2 Å². The van der Waals surface area contributed by atoms with Gasteiger partial charge in [-0.2, -0.15) is 0 Å². The van der Waals surface area contributed by atoms with E-state index >= 15 is 0 Å². The summed E-state index contributed by atoms with van der Waals surface area (Å²) < 4.78 is 11.1. The van der Waals surface area contributed by atoms with E-state index in [2.05, 4.69) is 20.2 Å². The summed E-state index contributed by atoms with van der Waals surface area (Å²) in [5, 5.41) is 8.29. The third-order valence-electron chi connectivity index (χ3n) is 3.92. The Hall–Kier alpha value is -3.02. The summed E-state index contributed by atoms with van der Waals surface area (Å²) in [6.45, 7) is 2.03. The Bertz CT molecular complexity index is 930. The zero-order valence-electron chi connectivity index (χ0n) is 13.5. The van der Waals surface area contributed by atoms with Crippen molar-refractivity contribution in [2.45, 2.75) is 19.8 Å². The van der Waals surface area contributed by atoms with Crippen LogP contribution in [0.3, 0.4) is 0 Å². The Balaban J connectivity index is 1.55. The molecule has 0 bridgehead atoms. The minimum atomic E-state index is 0.524. The third-order valence-corrected chi connectivity index (χ3v) is 3.92. The number of aromatic nitrogens is 3. The average Bonchev–Trinajstić information content (AvgIpc) is 3.21. The van der Waals surface area contributed by atoms with Crippen LogP contribution in [-0.4, -0.2) is 28.0 Å². The number of benzene rings is 1. The predicted octanol–water partition coefficient (Wildman–Crippen LogP) is 3.32. The van der Waals surface area contributed by atoms with Gasteiger partial charge in [-0.3, -0.25) is 4.99 Å². The molecule has 0 unspecified atom stereocenters. The van der Waals surface area contributed by atoms with E-state index in [0.29, 0.717) is 24.1 Å². The van der Waals surface area contributed by atoms with Crippen LogP contribution in [-0.2, 0) is 12.8 Å². The van der Waals surface area contributed by atoms with Gasteiger partial charge in [0.25, 0.3) is 0 Å². The summed E-state index contributed by atoms with van der Waals surface area (Å²) in [5.41, 5.74) is 4.96. The summed E-state index contributed by atoms with van der Waals surface area (Å²) >= 11 is 0. The molecule has 0 aliphatic carbocycles. The van der Waals surface area contributed by atoms with E-state index in [-0.39, 0.29) is 0 Å². The summed E-state index contributed by atoms with van der Waals surface area (Å²) in [4.78, 5) is 8.80. The molecule has 0 amide bonds. The highest BCUT2D eigenvalue weighted by atomic mass is 16.5. The second-order valence-electron chi connectivity index (χ2n) is 5.73. The Morgan fingerprint density at radius 2 is 2.12 bits per heavy atom. The normalized spacial score (nSPS) is 12.8. The minimum Gasteiger partial charge on any atom is -0.479 e. The fraction of sp³-hybridized carbons (Fsp3) is 0.222. The van der Waals surface area contributed by atoms with Crippen LogP contribution in [0, 0.1) is 6.92 Å². The van der Waals surface area contributed by atoms with Crippen molar-refractivity contribution in [1.82, 2.24) is 15.2 Å². The number of fused-ring (bicyclic) bond motifs is 1. The fourth-order valence-corrected chi connectivity index (χ4v) is 2.80. The monoisotopic (exact) mass is 320 g/mol. The Morgan fingerprint density at radius 3 is 2.96 bits per heavy atom. The first-order chi connectivity index (χ1) is 11.7. The zero-order valence-corrected chi connectivity index (χ0v) is 13.5. The number of aliphatic imine (C=N–C) groups is 1. The van der Waals surface area contributed by atoms with Gasteiger partial charge >= 0.3 is 0 Å². The lowest BCUT2D eigenvalue weighted by atomic mass is 10.1. The number of rotatable bonds is 4. The molecular formula is C18H16N4O2. The molecule has 0 spiro atoms. The molecule has 0 fully saturated rings.